The van der Waals surface area contributed by atoms with Gasteiger partial charge in [-0.05, 0) is 26.9 Å². The van der Waals surface area contributed by atoms with E-state index in [9.17, 15) is 0 Å². The monoisotopic (exact) mass is 235 g/mol. The summed E-state index contributed by atoms with van der Waals surface area (Å²) in [7, 11) is 4.07. The Morgan fingerprint density at radius 2 is 2.00 bits per heavy atom. The van der Waals surface area contributed by atoms with Gasteiger partial charge in [0.15, 0.2) is 0 Å². The molecular formula is C12H21N5. The first kappa shape index (κ1) is 12.1. The van der Waals surface area contributed by atoms with E-state index in [1.807, 2.05) is 7.05 Å². The molecule has 0 atom stereocenters. The molecule has 1 aliphatic rings. The van der Waals surface area contributed by atoms with Gasteiger partial charge >= 0.3 is 0 Å². The highest BCUT2D eigenvalue weighted by Crippen LogP contribution is 2.22. The number of nitrogens with one attached hydrogen (secondary N) is 1. The Morgan fingerprint density at radius 3 is 2.76 bits per heavy atom. The number of likely N-dealkylation sites (N-methyl/N-ethyl adjacent to an activating group) is 1. The third-order valence-corrected chi connectivity index (χ3v) is 3.31. The Balaban J connectivity index is 2.21. The molecule has 0 spiro atoms. The van der Waals surface area contributed by atoms with Crippen LogP contribution in [0.15, 0.2) is 6.33 Å². The molecule has 0 radical (unpaired) electrons. The summed E-state index contributed by atoms with van der Waals surface area (Å²) in [5.74, 6) is 1.99. The summed E-state index contributed by atoms with van der Waals surface area (Å²) in [6, 6.07) is 0. The summed E-state index contributed by atoms with van der Waals surface area (Å²) in [6.07, 6.45) is 2.83. The molecule has 1 aromatic rings. The zero-order chi connectivity index (χ0) is 12.3. The molecule has 1 aromatic heterocycles. The summed E-state index contributed by atoms with van der Waals surface area (Å²) in [6.45, 7) is 6.45. The lowest BCUT2D eigenvalue weighted by atomic mass is 10.2. The van der Waals surface area contributed by atoms with Crippen LogP contribution in [0, 0.1) is 6.92 Å². The van der Waals surface area contributed by atoms with Crippen LogP contribution in [-0.4, -0.2) is 55.1 Å². The van der Waals surface area contributed by atoms with Crippen molar-refractivity contribution in [3.8, 4) is 0 Å². The van der Waals surface area contributed by atoms with Crippen LogP contribution < -0.4 is 10.2 Å². The number of hydrogen-bond acceptors (Lipinski definition) is 5. The zero-order valence-electron chi connectivity index (χ0n) is 10.9. The van der Waals surface area contributed by atoms with Crippen LogP contribution in [0.2, 0.25) is 0 Å². The maximum atomic E-state index is 4.43. The SMILES string of the molecule is CNc1ncnc(N2CCCN(C)CC2)c1C. The first-order valence-corrected chi connectivity index (χ1v) is 6.15. The van der Waals surface area contributed by atoms with Crippen LogP contribution in [0.1, 0.15) is 12.0 Å². The maximum absolute atomic E-state index is 4.43. The van der Waals surface area contributed by atoms with Crippen molar-refractivity contribution in [1.29, 1.82) is 0 Å². The summed E-state index contributed by atoms with van der Waals surface area (Å²) in [5, 5.41) is 3.11. The second-order valence-corrected chi connectivity index (χ2v) is 4.56. The first-order chi connectivity index (χ1) is 8.22. The normalized spacial score (nSPS) is 17.9. The van der Waals surface area contributed by atoms with E-state index in [-0.39, 0.29) is 0 Å². The molecular weight excluding hydrogens is 214 g/mol. The van der Waals surface area contributed by atoms with Crippen LogP contribution in [-0.2, 0) is 0 Å². The number of rotatable bonds is 2. The summed E-state index contributed by atoms with van der Waals surface area (Å²) >= 11 is 0. The number of anilines is 2. The molecule has 2 rings (SSSR count). The van der Waals surface area contributed by atoms with Gasteiger partial charge in [-0.3, -0.25) is 0 Å². The van der Waals surface area contributed by atoms with Crippen molar-refractivity contribution >= 4 is 11.6 Å². The van der Waals surface area contributed by atoms with Gasteiger partial charge in [-0.2, -0.15) is 0 Å². The molecule has 0 bridgehead atoms. The Hall–Kier alpha value is -1.36. The van der Waals surface area contributed by atoms with Crippen molar-refractivity contribution in [2.75, 3.05) is 50.5 Å². The van der Waals surface area contributed by atoms with Crippen LogP contribution in [0.4, 0.5) is 11.6 Å². The van der Waals surface area contributed by atoms with Crippen LogP contribution in [0.25, 0.3) is 0 Å². The lowest BCUT2D eigenvalue weighted by Gasteiger charge is -2.23. The summed E-state index contributed by atoms with van der Waals surface area (Å²) in [4.78, 5) is 13.4. The largest absolute Gasteiger partial charge is 0.373 e. The Bertz CT molecular complexity index is 379. The highest BCUT2D eigenvalue weighted by Gasteiger charge is 2.16. The van der Waals surface area contributed by atoms with Gasteiger partial charge in [0, 0.05) is 32.2 Å². The van der Waals surface area contributed by atoms with Crippen LogP contribution in [0.5, 0.6) is 0 Å². The zero-order valence-corrected chi connectivity index (χ0v) is 10.9. The third kappa shape index (κ3) is 2.66. The van der Waals surface area contributed by atoms with Gasteiger partial charge in [0.05, 0.1) is 0 Å². The molecule has 0 saturated carbocycles. The standard InChI is InChI=1S/C12H21N5/c1-10-11(13-2)14-9-15-12(10)17-6-4-5-16(3)7-8-17/h9H,4-8H2,1-3H3,(H,13,14,15). The molecule has 0 amide bonds. The fraction of sp³-hybridized carbons (Fsp3) is 0.667. The molecule has 0 aromatic carbocycles. The molecule has 0 unspecified atom stereocenters. The highest BCUT2D eigenvalue weighted by atomic mass is 15.2. The number of nitrogens with zero attached hydrogens (tertiary/aromatic N) is 4. The van der Waals surface area contributed by atoms with Gasteiger partial charge in [-0.15, -0.1) is 0 Å². The molecule has 1 aliphatic heterocycles. The lowest BCUT2D eigenvalue weighted by molar-refractivity contribution is 0.360. The molecule has 2 heterocycles. The Labute approximate surface area is 103 Å². The van der Waals surface area contributed by atoms with E-state index >= 15 is 0 Å². The molecule has 1 N–H and O–H groups in total. The van der Waals surface area contributed by atoms with Crippen molar-refractivity contribution in [1.82, 2.24) is 14.9 Å². The van der Waals surface area contributed by atoms with Gasteiger partial charge in [0.25, 0.3) is 0 Å². The van der Waals surface area contributed by atoms with Gasteiger partial charge < -0.3 is 15.1 Å². The highest BCUT2D eigenvalue weighted by molar-refractivity contribution is 5.57. The quantitative estimate of drug-likeness (QED) is 0.827. The lowest BCUT2D eigenvalue weighted by Crippen LogP contribution is -2.30. The third-order valence-electron chi connectivity index (χ3n) is 3.31. The van der Waals surface area contributed by atoms with Gasteiger partial charge in [0.1, 0.15) is 18.0 Å². The molecule has 1 fully saturated rings. The van der Waals surface area contributed by atoms with Gasteiger partial charge in [-0.25, -0.2) is 9.97 Å². The number of aromatic nitrogens is 2. The summed E-state index contributed by atoms with van der Waals surface area (Å²) < 4.78 is 0. The molecule has 5 heteroatoms. The fourth-order valence-corrected chi connectivity index (χ4v) is 2.27. The first-order valence-electron chi connectivity index (χ1n) is 6.15. The second-order valence-electron chi connectivity index (χ2n) is 4.56. The van der Waals surface area contributed by atoms with Crippen molar-refractivity contribution in [3.05, 3.63) is 11.9 Å². The second kappa shape index (κ2) is 5.31. The van der Waals surface area contributed by atoms with Crippen molar-refractivity contribution in [3.63, 3.8) is 0 Å². The minimum absolute atomic E-state index is 0.924. The van der Waals surface area contributed by atoms with E-state index < -0.39 is 0 Å². The number of hydrogen-bond donors (Lipinski definition) is 1. The topological polar surface area (TPSA) is 44.3 Å². The predicted molar refractivity (Wildman–Crippen MR) is 70.6 cm³/mol. The molecule has 1 saturated heterocycles. The van der Waals surface area contributed by atoms with E-state index in [1.54, 1.807) is 6.33 Å². The van der Waals surface area contributed by atoms with E-state index in [1.165, 1.54) is 13.0 Å². The van der Waals surface area contributed by atoms with Crippen LogP contribution in [0.3, 0.4) is 0 Å². The Morgan fingerprint density at radius 1 is 1.18 bits per heavy atom. The summed E-state index contributed by atoms with van der Waals surface area (Å²) in [5.41, 5.74) is 1.14. The molecule has 0 aliphatic carbocycles. The van der Waals surface area contributed by atoms with Crippen LogP contribution >= 0.6 is 0 Å². The molecule has 94 valence electrons. The van der Waals surface area contributed by atoms with E-state index in [4.69, 9.17) is 0 Å². The predicted octanol–water partition coefficient (Wildman–Crippen LogP) is 0.969. The van der Waals surface area contributed by atoms with Gasteiger partial charge in [-0.1, -0.05) is 0 Å². The minimum atomic E-state index is 0.924. The molecule has 17 heavy (non-hydrogen) atoms. The van der Waals surface area contributed by atoms with Crippen molar-refractivity contribution < 1.29 is 0 Å². The van der Waals surface area contributed by atoms with E-state index in [0.29, 0.717) is 0 Å². The Kier molecular flexibility index (Phi) is 3.78. The van der Waals surface area contributed by atoms with Crippen molar-refractivity contribution in [2.45, 2.75) is 13.3 Å². The maximum Gasteiger partial charge on any atom is 0.137 e. The average Bonchev–Trinajstić information content (AvgIpc) is 2.54. The van der Waals surface area contributed by atoms with Crippen molar-refractivity contribution in [2.24, 2.45) is 0 Å². The molecule has 5 nitrogen and oxygen atoms in total. The van der Waals surface area contributed by atoms with E-state index in [0.717, 1.165) is 36.8 Å². The van der Waals surface area contributed by atoms with Gasteiger partial charge in [0.2, 0.25) is 0 Å². The average molecular weight is 235 g/mol. The van der Waals surface area contributed by atoms with E-state index in [2.05, 4.69) is 39.1 Å². The minimum Gasteiger partial charge on any atom is -0.373 e. The smallest absolute Gasteiger partial charge is 0.137 e. The fourth-order valence-electron chi connectivity index (χ4n) is 2.27.